The first-order chi connectivity index (χ1) is 7.50. The molecule has 0 radical (unpaired) electrons. The molecule has 0 atom stereocenters. The van der Waals surface area contributed by atoms with Crippen LogP contribution in [0.1, 0.15) is 0 Å². The Morgan fingerprint density at radius 1 is 1.38 bits per heavy atom. The number of hydrogen-bond acceptors (Lipinski definition) is 5. The maximum atomic E-state index is 13.3. The first-order valence-electron chi connectivity index (χ1n) is 4.13. The van der Waals surface area contributed by atoms with E-state index in [4.69, 9.17) is 10.3 Å². The van der Waals surface area contributed by atoms with Gasteiger partial charge in [0.25, 0.3) is 0 Å². The third-order valence-electron chi connectivity index (χ3n) is 1.95. The van der Waals surface area contributed by atoms with Crippen molar-refractivity contribution < 1.29 is 19.1 Å². The molecule has 0 fully saturated rings. The van der Waals surface area contributed by atoms with Gasteiger partial charge < -0.3 is 20.5 Å². The number of nitrogens with zero attached hydrogens (tertiary/aromatic N) is 1. The zero-order valence-corrected chi connectivity index (χ0v) is 9.32. The molecule has 16 heavy (non-hydrogen) atoms. The van der Waals surface area contributed by atoms with E-state index in [1.807, 2.05) is 0 Å². The smallest absolute Gasteiger partial charge is 0.174 e. The third-order valence-corrected chi connectivity index (χ3v) is 2.72. The summed E-state index contributed by atoms with van der Waals surface area (Å²) in [5.41, 5.74) is 5.29. The summed E-state index contributed by atoms with van der Waals surface area (Å²) in [6.07, 6.45) is 0. The second kappa shape index (κ2) is 3.67. The van der Waals surface area contributed by atoms with Crippen molar-refractivity contribution in [2.75, 3.05) is 5.73 Å². The van der Waals surface area contributed by atoms with Gasteiger partial charge in [0.15, 0.2) is 23.1 Å². The van der Waals surface area contributed by atoms with Gasteiger partial charge in [0, 0.05) is 12.1 Å². The molecule has 0 saturated heterocycles. The summed E-state index contributed by atoms with van der Waals surface area (Å²) in [4.78, 5) is 0. The SMILES string of the molecule is Nc1cc(-c2c(O)c(O)cc(F)c2Br)on1. The summed E-state index contributed by atoms with van der Waals surface area (Å²) in [6, 6.07) is 2.08. The highest BCUT2D eigenvalue weighted by atomic mass is 79.9. The summed E-state index contributed by atoms with van der Waals surface area (Å²) in [6.45, 7) is 0. The zero-order valence-electron chi connectivity index (χ0n) is 7.74. The summed E-state index contributed by atoms with van der Waals surface area (Å²) in [5.74, 6) is -1.70. The van der Waals surface area contributed by atoms with Gasteiger partial charge in [0.2, 0.25) is 0 Å². The lowest BCUT2D eigenvalue weighted by Gasteiger charge is -2.06. The van der Waals surface area contributed by atoms with Crippen LogP contribution >= 0.6 is 15.9 Å². The Hall–Kier alpha value is -1.76. The fraction of sp³-hybridized carbons (Fsp3) is 0. The van der Waals surface area contributed by atoms with E-state index >= 15 is 0 Å². The highest BCUT2D eigenvalue weighted by Gasteiger charge is 2.20. The molecule has 1 heterocycles. The molecule has 7 heteroatoms. The summed E-state index contributed by atoms with van der Waals surface area (Å²) in [5, 5.41) is 22.3. The van der Waals surface area contributed by atoms with Gasteiger partial charge in [0.05, 0.1) is 10.0 Å². The van der Waals surface area contributed by atoms with Gasteiger partial charge >= 0.3 is 0 Å². The maximum absolute atomic E-state index is 13.3. The molecule has 5 nitrogen and oxygen atoms in total. The Bertz CT molecular complexity index is 530. The molecule has 0 aliphatic heterocycles. The van der Waals surface area contributed by atoms with Crippen molar-refractivity contribution in [2.45, 2.75) is 0 Å². The van der Waals surface area contributed by atoms with Crippen LogP contribution in [0.4, 0.5) is 10.2 Å². The predicted molar refractivity (Wildman–Crippen MR) is 57.3 cm³/mol. The van der Waals surface area contributed by atoms with E-state index in [1.165, 1.54) is 6.07 Å². The number of rotatable bonds is 1. The van der Waals surface area contributed by atoms with Crippen LogP contribution in [0.3, 0.4) is 0 Å². The van der Waals surface area contributed by atoms with E-state index in [-0.39, 0.29) is 21.6 Å². The molecule has 2 rings (SSSR count). The normalized spacial score (nSPS) is 10.6. The molecule has 1 aromatic carbocycles. The van der Waals surface area contributed by atoms with E-state index in [0.29, 0.717) is 0 Å². The molecule has 0 spiro atoms. The van der Waals surface area contributed by atoms with Crippen LogP contribution in [-0.4, -0.2) is 15.4 Å². The number of nitrogen functional groups attached to an aromatic ring is 1. The molecule has 0 aliphatic carbocycles. The first-order valence-corrected chi connectivity index (χ1v) is 4.92. The number of benzene rings is 1. The Balaban J connectivity index is 2.73. The van der Waals surface area contributed by atoms with Crippen molar-refractivity contribution in [1.29, 1.82) is 0 Å². The average molecular weight is 289 g/mol. The van der Waals surface area contributed by atoms with E-state index in [0.717, 1.165) is 6.07 Å². The lowest BCUT2D eigenvalue weighted by atomic mass is 10.1. The fourth-order valence-corrected chi connectivity index (χ4v) is 1.73. The van der Waals surface area contributed by atoms with Gasteiger partial charge in [-0.1, -0.05) is 5.16 Å². The predicted octanol–water partition coefficient (Wildman–Crippen LogP) is 2.24. The van der Waals surface area contributed by atoms with Crippen molar-refractivity contribution in [3.8, 4) is 22.8 Å². The Kier molecular flexibility index (Phi) is 2.47. The number of anilines is 1. The Labute approximate surface area is 97.4 Å². The third kappa shape index (κ3) is 1.58. The van der Waals surface area contributed by atoms with Crippen LogP contribution in [0.2, 0.25) is 0 Å². The molecule has 0 unspecified atom stereocenters. The van der Waals surface area contributed by atoms with Crippen molar-refractivity contribution in [3.05, 3.63) is 22.4 Å². The van der Waals surface area contributed by atoms with Crippen molar-refractivity contribution in [1.82, 2.24) is 5.16 Å². The van der Waals surface area contributed by atoms with Crippen LogP contribution < -0.4 is 5.73 Å². The molecule has 0 saturated carbocycles. The summed E-state index contributed by atoms with van der Waals surface area (Å²) >= 11 is 2.94. The molecule has 2 aromatic rings. The quantitative estimate of drug-likeness (QED) is 0.700. The highest BCUT2D eigenvalue weighted by Crippen LogP contribution is 2.43. The summed E-state index contributed by atoms with van der Waals surface area (Å²) < 4.78 is 18.0. The molecule has 0 bridgehead atoms. The van der Waals surface area contributed by atoms with Gasteiger partial charge in [-0.2, -0.15) is 0 Å². The average Bonchev–Trinajstić information content (AvgIpc) is 2.62. The van der Waals surface area contributed by atoms with E-state index < -0.39 is 17.3 Å². The minimum atomic E-state index is -0.736. The number of halogens is 2. The van der Waals surface area contributed by atoms with Gasteiger partial charge in [0.1, 0.15) is 5.82 Å². The highest BCUT2D eigenvalue weighted by molar-refractivity contribution is 9.10. The number of hydrogen-bond donors (Lipinski definition) is 3. The molecular weight excluding hydrogens is 283 g/mol. The second-order valence-corrected chi connectivity index (χ2v) is 3.82. The monoisotopic (exact) mass is 288 g/mol. The van der Waals surface area contributed by atoms with Gasteiger partial charge in [-0.25, -0.2) is 4.39 Å². The van der Waals surface area contributed by atoms with E-state index in [9.17, 15) is 14.6 Å². The van der Waals surface area contributed by atoms with Crippen LogP contribution in [0, 0.1) is 5.82 Å². The van der Waals surface area contributed by atoms with Gasteiger partial charge in [-0.05, 0) is 15.9 Å². The number of phenols is 2. The van der Waals surface area contributed by atoms with Gasteiger partial charge in [-0.15, -0.1) is 0 Å². The van der Waals surface area contributed by atoms with Gasteiger partial charge in [-0.3, -0.25) is 0 Å². The molecule has 0 amide bonds. The lowest BCUT2D eigenvalue weighted by Crippen LogP contribution is -1.85. The largest absolute Gasteiger partial charge is 0.504 e. The molecule has 0 aliphatic rings. The van der Waals surface area contributed by atoms with E-state index in [2.05, 4.69) is 21.1 Å². The lowest BCUT2D eigenvalue weighted by molar-refractivity contribution is 0.394. The number of nitrogens with two attached hydrogens (primary N) is 1. The van der Waals surface area contributed by atoms with Crippen molar-refractivity contribution in [2.24, 2.45) is 0 Å². The standard InChI is InChI=1S/C9H6BrFN2O3/c10-8-3(11)1-4(14)9(15)7(8)5-2-6(12)13-16-5/h1-2,14-15H,(H2,12,13). The molecule has 1 aromatic heterocycles. The Morgan fingerprint density at radius 2 is 2.06 bits per heavy atom. The number of phenolic OH excluding ortho intramolecular Hbond substituents is 2. The van der Waals surface area contributed by atoms with Crippen molar-refractivity contribution >= 4 is 21.7 Å². The van der Waals surface area contributed by atoms with E-state index in [1.54, 1.807) is 0 Å². The minimum absolute atomic E-state index is 0.0401. The Morgan fingerprint density at radius 3 is 2.62 bits per heavy atom. The molecule has 84 valence electrons. The van der Waals surface area contributed by atoms with Crippen LogP contribution in [0.25, 0.3) is 11.3 Å². The van der Waals surface area contributed by atoms with Crippen LogP contribution in [-0.2, 0) is 0 Å². The number of aromatic nitrogens is 1. The number of aromatic hydroxyl groups is 2. The zero-order chi connectivity index (χ0) is 11.9. The second-order valence-electron chi connectivity index (χ2n) is 3.03. The summed E-state index contributed by atoms with van der Waals surface area (Å²) in [7, 11) is 0. The van der Waals surface area contributed by atoms with Crippen molar-refractivity contribution in [3.63, 3.8) is 0 Å². The molecular formula is C9H6BrFN2O3. The minimum Gasteiger partial charge on any atom is -0.504 e. The molecule has 4 N–H and O–H groups in total. The fourth-order valence-electron chi connectivity index (χ4n) is 1.23. The van der Waals surface area contributed by atoms with Crippen LogP contribution in [0.15, 0.2) is 21.1 Å². The first kappa shape index (κ1) is 10.7. The topological polar surface area (TPSA) is 92.5 Å². The van der Waals surface area contributed by atoms with Crippen LogP contribution in [0.5, 0.6) is 11.5 Å². The maximum Gasteiger partial charge on any atom is 0.174 e.